The van der Waals surface area contributed by atoms with Crippen molar-refractivity contribution in [2.75, 3.05) is 18.0 Å². The molecule has 34 heavy (non-hydrogen) atoms. The predicted octanol–water partition coefficient (Wildman–Crippen LogP) is 5.82. The van der Waals surface area contributed by atoms with Gasteiger partial charge in [-0.25, -0.2) is 9.59 Å². The predicted molar refractivity (Wildman–Crippen MR) is 128 cm³/mol. The van der Waals surface area contributed by atoms with Crippen LogP contribution in [0.3, 0.4) is 0 Å². The van der Waals surface area contributed by atoms with E-state index in [1.165, 1.54) is 26.0 Å². The molecule has 2 aromatic carbocycles. The molecule has 0 amide bonds. The van der Waals surface area contributed by atoms with Crippen molar-refractivity contribution in [3.8, 4) is 11.5 Å². The number of anilines is 1. The highest BCUT2D eigenvalue weighted by Crippen LogP contribution is 2.37. The minimum absolute atomic E-state index is 0.0604. The second kappa shape index (κ2) is 11.5. The molecular formula is C24H26N4O6. The van der Waals surface area contributed by atoms with E-state index in [0.29, 0.717) is 0 Å². The number of rotatable bonds is 10. The van der Waals surface area contributed by atoms with Crippen molar-refractivity contribution in [1.29, 1.82) is 0 Å². The van der Waals surface area contributed by atoms with Gasteiger partial charge >= 0.3 is 11.9 Å². The van der Waals surface area contributed by atoms with Gasteiger partial charge in [0.05, 0.1) is 11.0 Å². The van der Waals surface area contributed by atoms with Crippen molar-refractivity contribution in [3.63, 3.8) is 0 Å². The highest BCUT2D eigenvalue weighted by atomic mass is 16.6. The number of azo groups is 1. The molecule has 0 N–H and O–H groups in total. The van der Waals surface area contributed by atoms with E-state index in [1.807, 2.05) is 13.8 Å². The van der Waals surface area contributed by atoms with Gasteiger partial charge in [0.25, 0.3) is 5.69 Å². The summed E-state index contributed by atoms with van der Waals surface area (Å²) in [6.45, 7) is 15.5. The third-order valence-corrected chi connectivity index (χ3v) is 4.59. The highest BCUT2D eigenvalue weighted by Gasteiger charge is 2.17. The number of carbonyl (C=O) groups is 2. The van der Waals surface area contributed by atoms with Crippen LogP contribution in [0.5, 0.6) is 11.5 Å². The van der Waals surface area contributed by atoms with Gasteiger partial charge in [-0.1, -0.05) is 13.2 Å². The summed E-state index contributed by atoms with van der Waals surface area (Å²) in [4.78, 5) is 36.7. The van der Waals surface area contributed by atoms with E-state index in [9.17, 15) is 19.7 Å². The Morgan fingerprint density at radius 3 is 1.82 bits per heavy atom. The second-order valence-electron chi connectivity index (χ2n) is 7.27. The minimum Gasteiger partial charge on any atom is -0.421 e. The Hall–Kier alpha value is -4.34. The highest BCUT2D eigenvalue weighted by molar-refractivity contribution is 5.90. The minimum atomic E-state index is -0.767. The zero-order valence-corrected chi connectivity index (χ0v) is 19.5. The molecule has 0 radical (unpaired) electrons. The molecule has 0 aliphatic carbocycles. The van der Waals surface area contributed by atoms with Gasteiger partial charge in [0, 0.05) is 42.1 Å². The van der Waals surface area contributed by atoms with E-state index in [-0.39, 0.29) is 39.7 Å². The summed E-state index contributed by atoms with van der Waals surface area (Å²) >= 11 is 0. The number of esters is 2. The monoisotopic (exact) mass is 466 g/mol. The number of nitro benzene ring substituents is 1. The lowest BCUT2D eigenvalue weighted by molar-refractivity contribution is -0.384. The van der Waals surface area contributed by atoms with Gasteiger partial charge in [-0.3, -0.25) is 10.1 Å². The van der Waals surface area contributed by atoms with Gasteiger partial charge in [-0.2, -0.15) is 0 Å². The SMILES string of the molecule is C=C(C)C(=O)Oc1cc(N(CC)CC)ccc1N=Nc1ccc([N+](=O)[O-])cc1OC(=O)C(=C)C. The summed E-state index contributed by atoms with van der Waals surface area (Å²) in [5.74, 6) is -1.40. The Labute approximate surface area is 197 Å². The van der Waals surface area contributed by atoms with Crippen LogP contribution in [0.15, 0.2) is 70.9 Å². The molecule has 0 bridgehead atoms. The number of benzene rings is 2. The average Bonchev–Trinajstić information content (AvgIpc) is 2.79. The summed E-state index contributed by atoms with van der Waals surface area (Å²) < 4.78 is 10.6. The first kappa shape index (κ1) is 25.9. The summed E-state index contributed by atoms with van der Waals surface area (Å²) in [6, 6.07) is 8.67. The number of nitro groups is 1. The van der Waals surface area contributed by atoms with Gasteiger partial charge in [0.15, 0.2) is 11.5 Å². The van der Waals surface area contributed by atoms with Crippen LogP contribution in [0.1, 0.15) is 27.7 Å². The van der Waals surface area contributed by atoms with Gasteiger partial charge in [-0.05, 0) is 45.9 Å². The lowest BCUT2D eigenvalue weighted by atomic mass is 10.2. The van der Waals surface area contributed by atoms with Gasteiger partial charge in [0.2, 0.25) is 0 Å². The van der Waals surface area contributed by atoms with Crippen LogP contribution < -0.4 is 14.4 Å². The first-order chi connectivity index (χ1) is 16.1. The quantitative estimate of drug-likeness (QED) is 0.108. The van der Waals surface area contributed by atoms with E-state index >= 15 is 0 Å². The molecule has 2 rings (SSSR count). The van der Waals surface area contributed by atoms with Crippen LogP contribution >= 0.6 is 0 Å². The number of non-ortho nitro benzene ring substituents is 1. The summed E-state index contributed by atoms with van der Waals surface area (Å²) in [6.07, 6.45) is 0. The molecule has 10 nitrogen and oxygen atoms in total. The van der Waals surface area contributed by atoms with Crippen LogP contribution in [-0.4, -0.2) is 30.0 Å². The van der Waals surface area contributed by atoms with E-state index in [1.54, 1.807) is 18.2 Å². The van der Waals surface area contributed by atoms with Crippen molar-refractivity contribution >= 4 is 34.7 Å². The lowest BCUT2D eigenvalue weighted by Gasteiger charge is -2.21. The Balaban J connectivity index is 2.52. The lowest BCUT2D eigenvalue weighted by Crippen LogP contribution is -2.21. The van der Waals surface area contributed by atoms with E-state index < -0.39 is 16.9 Å². The first-order valence-electron chi connectivity index (χ1n) is 10.4. The van der Waals surface area contributed by atoms with E-state index in [0.717, 1.165) is 24.8 Å². The zero-order chi connectivity index (χ0) is 25.4. The maximum Gasteiger partial charge on any atom is 0.338 e. The van der Waals surface area contributed by atoms with Gasteiger partial charge in [0.1, 0.15) is 11.4 Å². The van der Waals surface area contributed by atoms with Crippen molar-refractivity contribution in [3.05, 3.63) is 70.8 Å². The summed E-state index contributed by atoms with van der Waals surface area (Å²) in [7, 11) is 0. The van der Waals surface area contributed by atoms with E-state index in [2.05, 4.69) is 28.3 Å². The normalized spacial score (nSPS) is 10.6. The fraction of sp³-hybridized carbons (Fsp3) is 0.250. The molecule has 0 aliphatic heterocycles. The molecule has 0 atom stereocenters. The Morgan fingerprint density at radius 1 is 0.912 bits per heavy atom. The molecule has 0 saturated carbocycles. The summed E-state index contributed by atoms with van der Waals surface area (Å²) in [5, 5.41) is 19.4. The van der Waals surface area contributed by atoms with E-state index in [4.69, 9.17) is 9.47 Å². The topological polar surface area (TPSA) is 124 Å². The molecule has 0 aliphatic rings. The van der Waals surface area contributed by atoms with Crippen LogP contribution in [0, 0.1) is 10.1 Å². The maximum atomic E-state index is 12.2. The Morgan fingerprint density at radius 2 is 1.38 bits per heavy atom. The fourth-order valence-corrected chi connectivity index (χ4v) is 2.72. The third-order valence-electron chi connectivity index (χ3n) is 4.59. The smallest absolute Gasteiger partial charge is 0.338 e. The van der Waals surface area contributed by atoms with Crippen molar-refractivity contribution in [2.45, 2.75) is 27.7 Å². The number of hydrogen-bond acceptors (Lipinski definition) is 9. The molecule has 10 heteroatoms. The van der Waals surface area contributed by atoms with Gasteiger partial charge < -0.3 is 14.4 Å². The molecule has 0 spiro atoms. The number of hydrogen-bond donors (Lipinski definition) is 0. The second-order valence-corrected chi connectivity index (χ2v) is 7.27. The van der Waals surface area contributed by atoms with Crippen molar-refractivity contribution < 1.29 is 24.0 Å². The molecule has 0 aromatic heterocycles. The third kappa shape index (κ3) is 6.58. The number of nitrogens with zero attached hydrogens (tertiary/aromatic N) is 4. The molecule has 0 fully saturated rings. The Kier molecular flexibility index (Phi) is 8.77. The molecule has 0 heterocycles. The zero-order valence-electron chi connectivity index (χ0n) is 19.5. The standard InChI is InChI=1S/C24H26N4O6/c1-7-27(8-2)17-9-11-19(21(13-17)33-23(29)15(3)4)25-26-20-12-10-18(28(31)32)14-22(20)34-24(30)16(5)6/h9-14H,3,5,7-8H2,1-2,4,6H3. The maximum absolute atomic E-state index is 12.2. The number of ether oxygens (including phenoxy) is 2. The fourth-order valence-electron chi connectivity index (χ4n) is 2.72. The molecule has 2 aromatic rings. The summed E-state index contributed by atoms with van der Waals surface area (Å²) in [5.41, 5.74) is 1.13. The van der Waals surface area contributed by atoms with Crippen molar-refractivity contribution in [1.82, 2.24) is 0 Å². The van der Waals surface area contributed by atoms with Crippen LogP contribution in [0.4, 0.5) is 22.7 Å². The van der Waals surface area contributed by atoms with Crippen molar-refractivity contribution in [2.24, 2.45) is 10.2 Å². The van der Waals surface area contributed by atoms with Crippen LogP contribution in [0.25, 0.3) is 0 Å². The molecule has 178 valence electrons. The first-order valence-corrected chi connectivity index (χ1v) is 10.4. The molecular weight excluding hydrogens is 440 g/mol. The van der Waals surface area contributed by atoms with Crippen LogP contribution in [-0.2, 0) is 9.59 Å². The molecule has 0 unspecified atom stereocenters. The average molecular weight is 466 g/mol. The Bertz CT molecular complexity index is 1170. The van der Waals surface area contributed by atoms with Gasteiger partial charge in [-0.15, -0.1) is 10.2 Å². The largest absolute Gasteiger partial charge is 0.421 e. The molecule has 0 saturated heterocycles. The number of carbonyl (C=O) groups excluding carboxylic acids is 2. The van der Waals surface area contributed by atoms with Crippen LogP contribution in [0.2, 0.25) is 0 Å².